The van der Waals surface area contributed by atoms with Crippen molar-refractivity contribution in [3.8, 4) is 5.75 Å². The Kier molecular flexibility index (Phi) is 6.14. The summed E-state index contributed by atoms with van der Waals surface area (Å²) in [5.74, 6) is -6.86. The number of rotatable bonds is 3. The molecule has 37 heavy (non-hydrogen) atoms. The predicted octanol–water partition coefficient (Wildman–Crippen LogP) is 2.63. The molecule has 0 saturated carbocycles. The highest BCUT2D eigenvalue weighted by molar-refractivity contribution is 6.48. The number of aliphatic hydroxyl groups excluding tert-OH is 2. The number of fused-ring (bicyclic) bond motifs is 3. The number of nitrogens with zero attached hydrogens (tertiary/aromatic N) is 1. The number of phenols is 1. The number of phenolic OH excluding ortho intramolecular Hbond substituents is 1. The van der Waals surface area contributed by atoms with Crippen LogP contribution in [0, 0.1) is 11.8 Å². The molecule has 198 valence electrons. The van der Waals surface area contributed by atoms with Crippen LogP contribution >= 0.6 is 11.6 Å². The quantitative estimate of drug-likeness (QED) is 0.372. The lowest BCUT2D eigenvalue weighted by molar-refractivity contribution is -0.148. The van der Waals surface area contributed by atoms with Gasteiger partial charge in [0, 0.05) is 22.1 Å². The number of primary amides is 1. The maximum Gasteiger partial charge on any atom is 0.255 e. The second kappa shape index (κ2) is 8.44. The molecule has 1 aromatic carbocycles. The van der Waals surface area contributed by atoms with Crippen molar-refractivity contribution >= 4 is 34.1 Å². The largest absolute Gasteiger partial charge is 0.510 e. The van der Waals surface area contributed by atoms with Crippen molar-refractivity contribution in [1.82, 2.24) is 4.90 Å². The van der Waals surface area contributed by atoms with Crippen LogP contribution in [0.4, 0.5) is 0 Å². The summed E-state index contributed by atoms with van der Waals surface area (Å²) < 4.78 is 0. The van der Waals surface area contributed by atoms with Gasteiger partial charge in [-0.25, -0.2) is 0 Å². The topological polar surface area (TPSA) is 161 Å². The number of hydrogen-bond acceptors (Lipinski definition) is 8. The van der Waals surface area contributed by atoms with E-state index in [0.29, 0.717) is 16.7 Å². The number of carbonyl (C=O) groups excluding carboxylic acids is 3. The second-order valence-corrected chi connectivity index (χ2v) is 11.7. The van der Waals surface area contributed by atoms with Crippen LogP contribution < -0.4 is 5.73 Å². The number of amides is 1. The van der Waals surface area contributed by atoms with Gasteiger partial charge >= 0.3 is 0 Å². The molecule has 0 radical (unpaired) electrons. The molecule has 0 saturated heterocycles. The highest BCUT2D eigenvalue weighted by Crippen LogP contribution is 2.53. The summed E-state index contributed by atoms with van der Waals surface area (Å²) in [6.07, 6.45) is 0.148. The average molecular weight is 531 g/mol. The van der Waals surface area contributed by atoms with Gasteiger partial charge in [-0.1, -0.05) is 39.0 Å². The van der Waals surface area contributed by atoms with Gasteiger partial charge in [-0.3, -0.25) is 19.3 Å². The molecule has 0 heterocycles. The Morgan fingerprint density at radius 3 is 2.30 bits per heavy atom. The maximum absolute atomic E-state index is 13.9. The van der Waals surface area contributed by atoms with Gasteiger partial charge in [-0.15, -0.1) is 0 Å². The van der Waals surface area contributed by atoms with E-state index in [2.05, 4.69) is 6.58 Å². The van der Waals surface area contributed by atoms with E-state index in [1.54, 1.807) is 20.2 Å². The first-order valence-corrected chi connectivity index (χ1v) is 12.2. The third kappa shape index (κ3) is 3.63. The van der Waals surface area contributed by atoms with Crippen LogP contribution in [0.15, 0.2) is 35.3 Å². The number of aromatic hydroxyl groups is 1. The van der Waals surface area contributed by atoms with E-state index in [1.807, 2.05) is 20.8 Å². The fourth-order valence-corrected chi connectivity index (χ4v) is 6.30. The van der Waals surface area contributed by atoms with E-state index in [9.17, 15) is 34.8 Å². The zero-order valence-corrected chi connectivity index (χ0v) is 22.1. The second-order valence-electron chi connectivity index (χ2n) is 11.3. The first kappa shape index (κ1) is 26.9. The molecule has 0 fully saturated rings. The molecule has 0 aromatic heterocycles. The van der Waals surface area contributed by atoms with Crippen LogP contribution in [0.25, 0.3) is 5.03 Å². The molecule has 6 N–H and O–H groups in total. The number of likely N-dealkylation sites (N-methyl/N-ethyl adjacent to an activating group) is 1. The smallest absolute Gasteiger partial charge is 0.255 e. The van der Waals surface area contributed by atoms with E-state index < -0.39 is 63.5 Å². The highest BCUT2D eigenvalue weighted by atomic mass is 35.5. The molecule has 10 heteroatoms. The first-order chi connectivity index (χ1) is 17.0. The number of halogens is 1. The number of ketones is 2. The average Bonchev–Trinajstić information content (AvgIpc) is 2.74. The van der Waals surface area contributed by atoms with Crippen LogP contribution in [-0.2, 0) is 21.4 Å². The summed E-state index contributed by atoms with van der Waals surface area (Å²) in [4.78, 5) is 40.9. The van der Waals surface area contributed by atoms with Crippen molar-refractivity contribution in [2.24, 2.45) is 17.6 Å². The van der Waals surface area contributed by atoms with Crippen LogP contribution in [0.5, 0.6) is 5.75 Å². The van der Waals surface area contributed by atoms with Gasteiger partial charge in [0.2, 0.25) is 5.78 Å². The Bertz CT molecular complexity index is 1350. The van der Waals surface area contributed by atoms with E-state index >= 15 is 0 Å². The standard InChI is InChI=1S/C27H31ClN2O7/c1-10(28)12-9-15(26(2,3)4)20(31)17-13(12)7-11-8-14-19(30(5)6)22(33)18(25(29)36)24(35)27(14,37)23(34)16(11)21(17)32/h9,11,14,19,31,33-34,37H,1,7-8H2,2-6H3,(H2,29,36)/t11-,14+,19-,27+/m1/s1. The molecule has 0 bridgehead atoms. The number of aliphatic hydroxyl groups is 3. The number of hydrogen-bond donors (Lipinski definition) is 5. The van der Waals surface area contributed by atoms with Crippen molar-refractivity contribution in [2.45, 2.75) is 50.7 Å². The Morgan fingerprint density at radius 1 is 1.22 bits per heavy atom. The van der Waals surface area contributed by atoms with Gasteiger partial charge in [0.05, 0.1) is 11.6 Å². The summed E-state index contributed by atoms with van der Waals surface area (Å²) in [6.45, 7) is 9.37. The van der Waals surface area contributed by atoms with Gasteiger partial charge in [0.25, 0.3) is 5.91 Å². The summed E-state index contributed by atoms with van der Waals surface area (Å²) in [5.41, 5.74) is 2.33. The molecule has 3 aliphatic rings. The van der Waals surface area contributed by atoms with Gasteiger partial charge in [-0.05, 0) is 55.5 Å². The fraction of sp³-hybridized carbons (Fsp3) is 0.444. The van der Waals surface area contributed by atoms with Crippen molar-refractivity contribution in [2.75, 3.05) is 14.1 Å². The Hall–Kier alpha value is -3.14. The van der Waals surface area contributed by atoms with Gasteiger partial charge in [-0.2, -0.15) is 0 Å². The molecule has 0 spiro atoms. The van der Waals surface area contributed by atoms with E-state index in [-0.39, 0.29) is 34.8 Å². The molecular formula is C27H31ClN2O7. The molecule has 0 aliphatic heterocycles. The van der Waals surface area contributed by atoms with E-state index in [0.717, 1.165) is 0 Å². The van der Waals surface area contributed by atoms with Crippen LogP contribution in [0.1, 0.15) is 54.2 Å². The van der Waals surface area contributed by atoms with Crippen molar-refractivity contribution in [3.05, 3.63) is 57.6 Å². The summed E-state index contributed by atoms with van der Waals surface area (Å²) in [6, 6.07) is 0.648. The lowest BCUT2D eigenvalue weighted by atomic mass is 9.58. The number of benzene rings is 1. The fourth-order valence-electron chi connectivity index (χ4n) is 6.13. The Morgan fingerprint density at radius 2 is 1.81 bits per heavy atom. The lowest BCUT2D eigenvalue weighted by Gasteiger charge is -2.50. The van der Waals surface area contributed by atoms with Gasteiger partial charge in [0.15, 0.2) is 11.4 Å². The van der Waals surface area contributed by atoms with Crippen molar-refractivity contribution in [1.29, 1.82) is 0 Å². The molecule has 1 aromatic rings. The normalized spacial score (nSPS) is 27.7. The zero-order chi connectivity index (χ0) is 27.9. The SMILES string of the molecule is C=C(Cl)c1cc(C(C)(C)C)c(O)c2c1C[C@@H]1C[C@H]3[C@@H](N(C)C)C(O)=C(C(N)=O)C(=O)[C@@]3(O)C(O)=C1C2=O. The summed E-state index contributed by atoms with van der Waals surface area (Å²) >= 11 is 6.32. The predicted molar refractivity (Wildman–Crippen MR) is 137 cm³/mol. The van der Waals surface area contributed by atoms with Crippen LogP contribution in [0.3, 0.4) is 0 Å². The van der Waals surface area contributed by atoms with Crippen LogP contribution in [-0.4, -0.2) is 68.5 Å². The number of nitrogens with two attached hydrogens (primary N) is 1. The molecule has 1 amide bonds. The molecular weight excluding hydrogens is 500 g/mol. The third-order valence-corrected chi connectivity index (χ3v) is 8.03. The third-order valence-electron chi connectivity index (χ3n) is 7.82. The Labute approximate surface area is 219 Å². The lowest BCUT2D eigenvalue weighted by Crippen LogP contribution is -2.63. The molecule has 3 aliphatic carbocycles. The number of carbonyl (C=O) groups is 3. The van der Waals surface area contributed by atoms with Crippen molar-refractivity contribution < 1.29 is 34.8 Å². The van der Waals surface area contributed by atoms with Gasteiger partial charge < -0.3 is 26.2 Å². The van der Waals surface area contributed by atoms with E-state index in [4.69, 9.17) is 17.3 Å². The maximum atomic E-state index is 13.9. The number of Topliss-reactive ketones (excluding diaryl/α,β-unsaturated/α-hetero) is 2. The molecule has 0 unspecified atom stereocenters. The minimum absolute atomic E-state index is 0.00173. The first-order valence-electron chi connectivity index (χ1n) is 11.8. The molecule has 4 rings (SSSR count). The Balaban J connectivity index is 2.02. The summed E-state index contributed by atoms with van der Waals surface area (Å²) in [5, 5.41) is 45.3. The summed E-state index contributed by atoms with van der Waals surface area (Å²) in [7, 11) is 3.16. The highest BCUT2D eigenvalue weighted by Gasteiger charge is 2.63. The molecule has 9 nitrogen and oxygen atoms in total. The molecule has 4 atom stereocenters. The zero-order valence-electron chi connectivity index (χ0n) is 21.3. The minimum atomic E-state index is -2.68. The minimum Gasteiger partial charge on any atom is -0.510 e. The monoisotopic (exact) mass is 530 g/mol. The van der Waals surface area contributed by atoms with Crippen LogP contribution in [0.2, 0.25) is 0 Å². The van der Waals surface area contributed by atoms with Gasteiger partial charge in [0.1, 0.15) is 22.8 Å². The van der Waals surface area contributed by atoms with Crippen molar-refractivity contribution in [3.63, 3.8) is 0 Å². The number of allylic oxidation sites excluding steroid dienone is 1. The van der Waals surface area contributed by atoms with E-state index in [1.165, 1.54) is 4.90 Å².